The molecule has 0 amide bonds. The number of fused-ring (bicyclic) bond motifs is 1. The van der Waals surface area contributed by atoms with Crippen molar-refractivity contribution in [2.24, 2.45) is 29.1 Å². The van der Waals surface area contributed by atoms with Crippen molar-refractivity contribution in [3.8, 4) is 0 Å². The summed E-state index contributed by atoms with van der Waals surface area (Å²) in [7, 11) is -0.813. The first-order chi connectivity index (χ1) is 14.6. The fourth-order valence-electron chi connectivity index (χ4n) is 6.33. The van der Waals surface area contributed by atoms with E-state index in [0.29, 0.717) is 11.3 Å². The summed E-state index contributed by atoms with van der Waals surface area (Å²) in [6, 6.07) is 21.4. The molecular weight excluding hydrogens is 383 g/mol. The fraction of sp³-hybridized carbons (Fsp3) is 0.500. The van der Waals surface area contributed by atoms with Crippen molar-refractivity contribution < 1.29 is 4.52 Å². The molecule has 0 spiro atoms. The van der Waals surface area contributed by atoms with Crippen LogP contribution in [0.15, 0.2) is 73.0 Å². The Labute approximate surface area is 184 Å². The Morgan fingerprint density at radius 2 is 1.63 bits per heavy atom. The van der Waals surface area contributed by atoms with E-state index in [9.17, 15) is 0 Å². The largest absolute Gasteiger partial charge is 0.472 e. The molecule has 0 saturated heterocycles. The highest BCUT2D eigenvalue weighted by Gasteiger charge is 2.51. The van der Waals surface area contributed by atoms with Crippen molar-refractivity contribution in [2.45, 2.75) is 59.3 Å². The van der Waals surface area contributed by atoms with Crippen LogP contribution in [0.25, 0.3) is 0 Å². The molecule has 5 atom stereocenters. The van der Waals surface area contributed by atoms with Gasteiger partial charge in [0.25, 0.3) is 0 Å². The number of rotatable bonds is 7. The van der Waals surface area contributed by atoms with Crippen LogP contribution >= 0.6 is 8.15 Å². The van der Waals surface area contributed by atoms with Crippen LogP contribution in [0, 0.1) is 29.1 Å². The second kappa shape index (κ2) is 9.69. The van der Waals surface area contributed by atoms with Crippen LogP contribution in [0.2, 0.25) is 0 Å². The smallest absolute Gasteiger partial charge is 0.149 e. The predicted octanol–water partition coefficient (Wildman–Crippen LogP) is 7.44. The molecule has 0 radical (unpaired) electrons. The van der Waals surface area contributed by atoms with Gasteiger partial charge in [-0.2, -0.15) is 0 Å². The molecule has 160 valence electrons. The Morgan fingerprint density at radius 3 is 2.23 bits per heavy atom. The molecule has 0 aromatic heterocycles. The third kappa shape index (κ3) is 4.38. The molecule has 0 aliphatic heterocycles. The third-order valence-electron chi connectivity index (χ3n) is 8.06. The monoisotopic (exact) mass is 420 g/mol. The fourth-order valence-corrected chi connectivity index (χ4v) is 7.95. The van der Waals surface area contributed by atoms with Gasteiger partial charge >= 0.3 is 0 Å². The van der Waals surface area contributed by atoms with Gasteiger partial charge in [-0.1, -0.05) is 94.3 Å². The summed E-state index contributed by atoms with van der Waals surface area (Å²) in [5.41, 5.74) is 0.520. The Hall–Kier alpha value is -1.59. The minimum Gasteiger partial charge on any atom is -0.472 e. The summed E-state index contributed by atoms with van der Waals surface area (Å²) in [5, 5.41) is 2.55. The lowest BCUT2D eigenvalue weighted by molar-refractivity contribution is 0.0447. The van der Waals surface area contributed by atoms with Gasteiger partial charge in [0.05, 0.1) is 6.26 Å². The molecule has 2 aromatic carbocycles. The average Bonchev–Trinajstić information content (AvgIpc) is 3.15. The van der Waals surface area contributed by atoms with Crippen LogP contribution in [0.1, 0.15) is 59.3 Å². The first-order valence-electron chi connectivity index (χ1n) is 11.9. The van der Waals surface area contributed by atoms with Crippen LogP contribution in [0.4, 0.5) is 0 Å². The van der Waals surface area contributed by atoms with Gasteiger partial charge in [0.15, 0.2) is 0 Å². The number of hydrogen-bond donors (Lipinski definition) is 0. The van der Waals surface area contributed by atoms with E-state index in [0.717, 1.165) is 17.8 Å². The van der Waals surface area contributed by atoms with Crippen molar-refractivity contribution in [1.29, 1.82) is 0 Å². The Balaban J connectivity index is 1.50. The molecule has 2 fully saturated rings. The number of hydrogen-bond acceptors (Lipinski definition) is 1. The van der Waals surface area contributed by atoms with Crippen molar-refractivity contribution in [1.82, 2.24) is 0 Å². The van der Waals surface area contributed by atoms with Gasteiger partial charge < -0.3 is 4.52 Å². The lowest BCUT2D eigenvalue weighted by atomic mass is 9.59. The van der Waals surface area contributed by atoms with Gasteiger partial charge in [0, 0.05) is 10.6 Å². The predicted molar refractivity (Wildman–Crippen MR) is 130 cm³/mol. The number of benzene rings is 2. The van der Waals surface area contributed by atoms with E-state index >= 15 is 0 Å². The highest BCUT2D eigenvalue weighted by Crippen LogP contribution is 2.60. The lowest BCUT2D eigenvalue weighted by Gasteiger charge is -2.46. The molecule has 2 aliphatic carbocycles. The first-order valence-corrected chi connectivity index (χ1v) is 13.1. The zero-order valence-electron chi connectivity index (χ0n) is 18.8. The highest BCUT2D eigenvalue weighted by atomic mass is 31.1. The first kappa shape index (κ1) is 21.6. The summed E-state index contributed by atoms with van der Waals surface area (Å²) in [5.74, 6) is 3.24. The van der Waals surface area contributed by atoms with Crippen molar-refractivity contribution in [3.05, 3.63) is 73.0 Å². The summed E-state index contributed by atoms with van der Waals surface area (Å²) in [4.78, 5) is 0. The van der Waals surface area contributed by atoms with E-state index in [2.05, 4.69) is 93.8 Å². The van der Waals surface area contributed by atoms with Gasteiger partial charge in [0.1, 0.15) is 8.15 Å². The second-order valence-electron chi connectivity index (χ2n) is 9.64. The summed E-state index contributed by atoms with van der Waals surface area (Å²) in [6.45, 7) is 7.45. The molecule has 1 unspecified atom stereocenters. The summed E-state index contributed by atoms with van der Waals surface area (Å²) >= 11 is 0. The van der Waals surface area contributed by atoms with Gasteiger partial charge in [-0.3, -0.25) is 0 Å². The molecule has 2 heteroatoms. The van der Waals surface area contributed by atoms with E-state index in [1.54, 1.807) is 0 Å². The van der Waals surface area contributed by atoms with Gasteiger partial charge in [-0.05, 0) is 60.8 Å². The number of allylic oxidation sites excluding steroid dienone is 1. The van der Waals surface area contributed by atoms with Crippen molar-refractivity contribution in [3.63, 3.8) is 0 Å². The highest BCUT2D eigenvalue weighted by molar-refractivity contribution is 7.68. The quantitative estimate of drug-likeness (QED) is 0.334. The zero-order chi connectivity index (χ0) is 21.0. The third-order valence-corrected chi connectivity index (χ3v) is 9.92. The van der Waals surface area contributed by atoms with Crippen LogP contribution in [0.5, 0.6) is 0 Å². The molecule has 0 bridgehead atoms. The second-order valence-corrected chi connectivity index (χ2v) is 11.5. The Morgan fingerprint density at radius 1 is 1.00 bits per heavy atom. The summed E-state index contributed by atoms with van der Waals surface area (Å²) in [6.07, 6.45) is 12.7. The zero-order valence-corrected chi connectivity index (χ0v) is 19.7. The van der Waals surface area contributed by atoms with Crippen LogP contribution < -0.4 is 10.6 Å². The van der Waals surface area contributed by atoms with Crippen LogP contribution in [0.3, 0.4) is 0 Å². The SMILES string of the molecule is CC[C@H](C)[C@H]1CC[C@H]2C(C=COP(c3ccccc3)c3ccccc3)CCC[C@]12C. The Kier molecular flexibility index (Phi) is 6.99. The minimum absolute atomic E-state index is 0.520. The molecule has 30 heavy (non-hydrogen) atoms. The van der Waals surface area contributed by atoms with E-state index in [4.69, 9.17) is 4.52 Å². The van der Waals surface area contributed by atoms with Crippen LogP contribution in [-0.4, -0.2) is 0 Å². The maximum atomic E-state index is 6.48. The molecule has 2 saturated carbocycles. The van der Waals surface area contributed by atoms with Gasteiger partial charge in [0.2, 0.25) is 0 Å². The standard InChI is InChI=1S/C28H37OP/c1-4-22(2)26-17-18-27-23(12-11-20-28(26,27)3)19-21-29-30(24-13-7-5-8-14-24)25-15-9-6-10-16-25/h5-10,13-16,19,21-23,26-27H,4,11-12,17-18,20H2,1-3H3/t22-,23?,26+,27-,28+/m0/s1. The molecule has 2 aromatic rings. The minimum atomic E-state index is -0.813. The van der Waals surface area contributed by atoms with Gasteiger partial charge in [-0.15, -0.1) is 0 Å². The molecule has 0 N–H and O–H groups in total. The van der Waals surface area contributed by atoms with E-state index < -0.39 is 8.15 Å². The molecule has 0 heterocycles. The summed E-state index contributed by atoms with van der Waals surface area (Å²) < 4.78 is 6.48. The molecule has 4 rings (SSSR count). The normalized spacial score (nSPS) is 29.8. The topological polar surface area (TPSA) is 9.23 Å². The van der Waals surface area contributed by atoms with Crippen molar-refractivity contribution in [2.75, 3.05) is 0 Å². The Bertz CT molecular complexity index is 778. The van der Waals surface area contributed by atoms with E-state index in [1.807, 2.05) is 0 Å². The lowest BCUT2D eigenvalue weighted by Crippen LogP contribution is -2.38. The molecule has 2 aliphatic rings. The van der Waals surface area contributed by atoms with E-state index in [1.165, 1.54) is 49.1 Å². The average molecular weight is 421 g/mol. The van der Waals surface area contributed by atoms with E-state index in [-0.39, 0.29) is 0 Å². The van der Waals surface area contributed by atoms with Crippen LogP contribution in [-0.2, 0) is 4.52 Å². The molecular formula is C28H37OP. The molecule has 1 nitrogen and oxygen atoms in total. The van der Waals surface area contributed by atoms with Gasteiger partial charge in [-0.25, -0.2) is 0 Å². The maximum absolute atomic E-state index is 6.48. The van der Waals surface area contributed by atoms with Crippen molar-refractivity contribution >= 4 is 18.8 Å². The maximum Gasteiger partial charge on any atom is 0.149 e.